The maximum absolute atomic E-state index is 12.2. The Morgan fingerprint density at radius 1 is 1.57 bits per heavy atom. The van der Waals surface area contributed by atoms with Gasteiger partial charge in [0.05, 0.1) is 6.61 Å². The second kappa shape index (κ2) is 7.17. The van der Waals surface area contributed by atoms with Crippen LogP contribution in [0.5, 0.6) is 0 Å². The predicted octanol–water partition coefficient (Wildman–Crippen LogP) is 1.20. The fourth-order valence-corrected chi connectivity index (χ4v) is 4.51. The molecule has 0 radical (unpaired) electrons. The Morgan fingerprint density at radius 2 is 2.36 bits per heavy atom. The fourth-order valence-electron chi connectivity index (χ4n) is 3.26. The molecule has 0 spiro atoms. The van der Waals surface area contributed by atoms with Gasteiger partial charge in [-0.3, -0.25) is 18.4 Å². The Morgan fingerprint density at radius 3 is 3.11 bits per heavy atom. The number of imidazole rings is 1. The molecule has 4 rings (SSSR count). The van der Waals surface area contributed by atoms with E-state index >= 15 is 0 Å². The standard InChI is InChI=1S/C14H18N5O7PS/c1-2-3-7(20)25-10-9-6(4-23-27(21,22)26-9)24-13(10)19-12-8(18-14(19)28)11(15)16-5-17-12/h5-6,9-10,13H,2-4H2,1H3,(H,18,28)(H,21,22)(H2,15,16,17)/t6-,9-,10-,13-/m1/s1. The molecule has 0 saturated carbocycles. The van der Waals surface area contributed by atoms with Gasteiger partial charge in [-0.2, -0.15) is 0 Å². The van der Waals surface area contributed by atoms with E-state index in [9.17, 15) is 14.3 Å². The average molecular weight is 431 g/mol. The van der Waals surface area contributed by atoms with Crippen LogP contribution in [0, 0.1) is 4.77 Å². The summed E-state index contributed by atoms with van der Waals surface area (Å²) in [6.45, 7) is 1.62. The van der Waals surface area contributed by atoms with Crippen molar-refractivity contribution in [3.63, 3.8) is 0 Å². The topological polar surface area (TPSA) is 164 Å². The second-order valence-corrected chi connectivity index (χ2v) is 8.15. The van der Waals surface area contributed by atoms with E-state index in [-0.39, 0.29) is 23.6 Å². The van der Waals surface area contributed by atoms with Gasteiger partial charge in [0.1, 0.15) is 24.1 Å². The molecule has 2 fully saturated rings. The summed E-state index contributed by atoms with van der Waals surface area (Å²) in [7, 11) is -4.28. The Balaban J connectivity index is 1.78. The number of esters is 1. The molecule has 1 unspecified atom stereocenters. The maximum Gasteiger partial charge on any atom is 0.472 e. The van der Waals surface area contributed by atoms with E-state index in [1.165, 1.54) is 10.9 Å². The van der Waals surface area contributed by atoms with Crippen molar-refractivity contribution in [1.82, 2.24) is 19.5 Å². The third-order valence-electron chi connectivity index (χ3n) is 4.45. The number of nitrogen functional groups attached to an aromatic ring is 1. The summed E-state index contributed by atoms with van der Waals surface area (Å²) in [5, 5.41) is 0. The number of hydrogen-bond acceptors (Lipinski definition) is 10. The molecule has 2 aliphatic heterocycles. The van der Waals surface area contributed by atoms with Gasteiger partial charge >= 0.3 is 13.8 Å². The Bertz CT molecular complexity index is 1030. The van der Waals surface area contributed by atoms with E-state index in [1.54, 1.807) is 0 Å². The van der Waals surface area contributed by atoms with Crippen LogP contribution in [0.4, 0.5) is 5.82 Å². The number of aromatic nitrogens is 4. The number of anilines is 1. The van der Waals surface area contributed by atoms with E-state index in [0.29, 0.717) is 17.6 Å². The molecule has 4 N–H and O–H groups in total. The highest BCUT2D eigenvalue weighted by atomic mass is 32.1. The Kier molecular flexibility index (Phi) is 4.98. The number of nitrogens with one attached hydrogen (secondary N) is 1. The average Bonchev–Trinajstić information content (AvgIpc) is 3.12. The van der Waals surface area contributed by atoms with Gasteiger partial charge in [0.25, 0.3) is 0 Å². The van der Waals surface area contributed by atoms with Crippen LogP contribution >= 0.6 is 20.0 Å². The Labute approximate surface area is 163 Å². The lowest BCUT2D eigenvalue weighted by Crippen LogP contribution is -2.41. The third kappa shape index (κ3) is 3.34. The molecule has 5 atom stereocenters. The van der Waals surface area contributed by atoms with Gasteiger partial charge in [0.15, 0.2) is 28.6 Å². The van der Waals surface area contributed by atoms with Crippen LogP contribution in [-0.2, 0) is 27.9 Å². The van der Waals surface area contributed by atoms with E-state index in [0.717, 1.165) is 0 Å². The molecule has 12 nitrogen and oxygen atoms in total. The minimum atomic E-state index is -4.28. The largest absolute Gasteiger partial charge is 0.472 e. The van der Waals surface area contributed by atoms with Crippen LogP contribution in [0.15, 0.2) is 6.33 Å². The molecule has 2 aromatic rings. The number of carbonyl (C=O) groups is 1. The molecule has 0 aromatic carbocycles. The zero-order valence-electron chi connectivity index (χ0n) is 14.7. The molecule has 0 amide bonds. The summed E-state index contributed by atoms with van der Waals surface area (Å²) in [5.41, 5.74) is 6.60. The lowest BCUT2D eigenvalue weighted by atomic mass is 10.1. The lowest BCUT2D eigenvalue weighted by Gasteiger charge is -2.29. The van der Waals surface area contributed by atoms with Crippen molar-refractivity contribution in [2.75, 3.05) is 12.3 Å². The highest BCUT2D eigenvalue weighted by molar-refractivity contribution is 7.71. The first-order valence-corrected chi connectivity index (χ1v) is 10.4. The van der Waals surface area contributed by atoms with E-state index in [1.807, 2.05) is 6.92 Å². The maximum atomic E-state index is 12.2. The van der Waals surface area contributed by atoms with Gasteiger partial charge in [-0.05, 0) is 18.6 Å². The number of rotatable bonds is 4. The smallest absolute Gasteiger partial charge is 0.455 e. The number of phosphoric acid groups is 1. The van der Waals surface area contributed by atoms with Gasteiger partial charge in [-0.15, -0.1) is 0 Å². The first-order valence-electron chi connectivity index (χ1n) is 8.52. The number of hydrogen-bond donors (Lipinski definition) is 3. The summed E-state index contributed by atoms with van der Waals surface area (Å²) in [4.78, 5) is 32.9. The highest BCUT2D eigenvalue weighted by Gasteiger charge is 2.55. The molecular weight excluding hydrogens is 413 g/mol. The molecule has 0 aliphatic carbocycles. The number of carbonyl (C=O) groups excluding carboxylic acids is 1. The number of nitrogens with zero attached hydrogens (tertiary/aromatic N) is 3. The molecule has 0 bridgehead atoms. The summed E-state index contributed by atoms with van der Waals surface area (Å²) < 4.78 is 35.1. The summed E-state index contributed by atoms with van der Waals surface area (Å²) in [5.74, 6) is -0.311. The molecular formula is C14H18N5O7PS. The summed E-state index contributed by atoms with van der Waals surface area (Å²) in [6, 6.07) is 0. The number of ether oxygens (including phenoxy) is 2. The number of fused-ring (bicyclic) bond motifs is 2. The summed E-state index contributed by atoms with van der Waals surface area (Å²) >= 11 is 5.36. The molecule has 2 saturated heterocycles. The molecule has 4 heterocycles. The van der Waals surface area contributed by atoms with Crippen LogP contribution in [0.25, 0.3) is 11.2 Å². The zero-order valence-corrected chi connectivity index (χ0v) is 16.4. The first kappa shape index (κ1) is 19.4. The minimum Gasteiger partial charge on any atom is -0.455 e. The van der Waals surface area contributed by atoms with Crippen molar-refractivity contribution in [2.24, 2.45) is 0 Å². The number of nitrogens with two attached hydrogens (primary N) is 1. The van der Waals surface area contributed by atoms with Crippen molar-refractivity contribution >= 4 is 43.0 Å². The van der Waals surface area contributed by atoms with Crippen molar-refractivity contribution in [1.29, 1.82) is 0 Å². The third-order valence-corrected chi connectivity index (χ3v) is 5.74. The molecule has 2 aromatic heterocycles. The Hall–Kier alpha value is -1.89. The van der Waals surface area contributed by atoms with Gasteiger partial charge in [0.2, 0.25) is 0 Å². The van der Waals surface area contributed by atoms with Crippen LogP contribution < -0.4 is 5.73 Å². The number of aromatic amines is 1. The summed E-state index contributed by atoms with van der Waals surface area (Å²) in [6.07, 6.45) is -1.76. The van der Waals surface area contributed by atoms with E-state index in [2.05, 4.69) is 15.0 Å². The van der Waals surface area contributed by atoms with Gasteiger partial charge in [-0.25, -0.2) is 14.5 Å². The van der Waals surface area contributed by atoms with Crippen LogP contribution in [0.1, 0.15) is 26.0 Å². The minimum absolute atomic E-state index is 0.169. The van der Waals surface area contributed by atoms with Crippen molar-refractivity contribution in [3.05, 3.63) is 11.1 Å². The van der Waals surface area contributed by atoms with Gasteiger partial charge in [-0.1, -0.05) is 6.92 Å². The van der Waals surface area contributed by atoms with Gasteiger partial charge in [0, 0.05) is 6.42 Å². The number of H-pyrrole nitrogens is 1. The fraction of sp³-hybridized carbons (Fsp3) is 0.571. The second-order valence-electron chi connectivity index (χ2n) is 6.36. The van der Waals surface area contributed by atoms with E-state index < -0.39 is 38.3 Å². The normalized spacial score (nSPS) is 32.4. The van der Waals surface area contributed by atoms with Crippen molar-refractivity contribution in [3.8, 4) is 0 Å². The molecule has 152 valence electrons. The number of phosphoric ester groups is 1. The quantitative estimate of drug-likeness (QED) is 0.362. The molecule has 14 heteroatoms. The zero-order chi connectivity index (χ0) is 20.1. The SMILES string of the molecule is CCCC(=O)O[C@@H]1[C@@H]2OP(=O)(O)OC[C@H]2O[C@H]1n1c(=S)[nH]c2c(N)ncnc21. The lowest BCUT2D eigenvalue weighted by molar-refractivity contribution is -0.158. The van der Waals surface area contributed by atoms with Gasteiger partial charge < -0.3 is 25.1 Å². The molecule has 28 heavy (non-hydrogen) atoms. The predicted molar refractivity (Wildman–Crippen MR) is 96.5 cm³/mol. The van der Waals surface area contributed by atoms with Crippen LogP contribution in [-0.4, -0.2) is 55.3 Å². The highest BCUT2D eigenvalue weighted by Crippen LogP contribution is 2.53. The monoisotopic (exact) mass is 431 g/mol. The van der Waals surface area contributed by atoms with Crippen molar-refractivity contribution < 1.29 is 32.8 Å². The first-order chi connectivity index (χ1) is 13.3. The van der Waals surface area contributed by atoms with Crippen LogP contribution in [0.3, 0.4) is 0 Å². The van der Waals surface area contributed by atoms with Crippen molar-refractivity contribution in [2.45, 2.75) is 44.3 Å². The molecule has 2 aliphatic rings. The van der Waals surface area contributed by atoms with E-state index in [4.69, 9.17) is 36.5 Å². The van der Waals surface area contributed by atoms with Crippen LogP contribution in [0.2, 0.25) is 0 Å².